The Kier molecular flexibility index (Phi) is 5.75. The summed E-state index contributed by atoms with van der Waals surface area (Å²) in [6.07, 6.45) is 0. The van der Waals surface area contributed by atoms with Crippen LogP contribution in [0.4, 0.5) is 10.1 Å². The van der Waals surface area contributed by atoms with E-state index in [-0.39, 0.29) is 26.9 Å². The maximum Gasteiger partial charge on any atom is 0.300 e. The van der Waals surface area contributed by atoms with E-state index in [0.717, 1.165) is 0 Å². The van der Waals surface area contributed by atoms with Crippen molar-refractivity contribution in [3.05, 3.63) is 104 Å². The molecule has 4 rings (SSSR count). The molecule has 31 heavy (non-hydrogen) atoms. The molecule has 1 saturated heterocycles. The summed E-state index contributed by atoms with van der Waals surface area (Å²) in [5, 5.41) is 11.9. The molecule has 1 unspecified atom stereocenters. The normalized spacial score (nSPS) is 17.9. The van der Waals surface area contributed by atoms with Gasteiger partial charge in [0.05, 0.1) is 11.6 Å². The van der Waals surface area contributed by atoms with E-state index < -0.39 is 29.3 Å². The van der Waals surface area contributed by atoms with Crippen molar-refractivity contribution in [3.63, 3.8) is 0 Å². The minimum atomic E-state index is -1.03. The Balaban J connectivity index is 1.97. The second-order valence-electron chi connectivity index (χ2n) is 6.86. The molecule has 0 bridgehead atoms. The summed E-state index contributed by atoms with van der Waals surface area (Å²) in [4.78, 5) is 27.2. The van der Waals surface area contributed by atoms with Gasteiger partial charge in [-0.2, -0.15) is 0 Å². The molecule has 3 aromatic carbocycles. The van der Waals surface area contributed by atoms with Crippen molar-refractivity contribution >= 4 is 57.9 Å². The molecule has 1 amide bonds. The van der Waals surface area contributed by atoms with Gasteiger partial charge in [0.2, 0.25) is 0 Å². The minimum Gasteiger partial charge on any atom is -0.507 e. The van der Waals surface area contributed by atoms with E-state index in [1.807, 2.05) is 0 Å². The second kappa shape index (κ2) is 8.35. The predicted molar refractivity (Wildman–Crippen MR) is 119 cm³/mol. The van der Waals surface area contributed by atoms with E-state index >= 15 is 0 Å². The van der Waals surface area contributed by atoms with Crippen LogP contribution in [0.1, 0.15) is 17.2 Å². The first kappa shape index (κ1) is 21.4. The largest absolute Gasteiger partial charge is 0.507 e. The van der Waals surface area contributed by atoms with Crippen LogP contribution in [-0.2, 0) is 9.59 Å². The average molecular weight is 477 g/mol. The summed E-state index contributed by atoms with van der Waals surface area (Å²) in [6, 6.07) is 15.0. The smallest absolute Gasteiger partial charge is 0.300 e. The quantitative estimate of drug-likeness (QED) is 0.270. The van der Waals surface area contributed by atoms with Crippen molar-refractivity contribution in [1.29, 1.82) is 0 Å². The number of hydrogen-bond donors (Lipinski definition) is 1. The van der Waals surface area contributed by atoms with Gasteiger partial charge in [0.1, 0.15) is 11.6 Å². The molecular weight excluding hydrogens is 464 g/mol. The summed E-state index contributed by atoms with van der Waals surface area (Å²) >= 11 is 18.2. The number of nitrogens with zero attached hydrogens (tertiary/aromatic N) is 1. The molecule has 0 radical (unpaired) electrons. The number of Topliss-reactive ketones (excluding diaryl/α,β-unsaturated/α-hetero) is 1. The van der Waals surface area contributed by atoms with Crippen LogP contribution in [0.5, 0.6) is 0 Å². The van der Waals surface area contributed by atoms with E-state index in [0.29, 0.717) is 10.6 Å². The zero-order chi connectivity index (χ0) is 22.3. The van der Waals surface area contributed by atoms with Crippen molar-refractivity contribution < 1.29 is 19.1 Å². The lowest BCUT2D eigenvalue weighted by Gasteiger charge is -2.25. The number of anilines is 1. The third-order valence-corrected chi connectivity index (χ3v) is 5.53. The molecule has 8 heteroatoms. The first-order valence-corrected chi connectivity index (χ1v) is 10.2. The van der Waals surface area contributed by atoms with Gasteiger partial charge in [-0.1, -0.05) is 59.1 Å². The summed E-state index contributed by atoms with van der Waals surface area (Å²) in [5.41, 5.74) is 0.788. The fourth-order valence-corrected chi connectivity index (χ4v) is 4.23. The Morgan fingerprint density at radius 2 is 1.52 bits per heavy atom. The van der Waals surface area contributed by atoms with Crippen LogP contribution in [0.3, 0.4) is 0 Å². The van der Waals surface area contributed by atoms with Gasteiger partial charge >= 0.3 is 0 Å². The van der Waals surface area contributed by atoms with Crippen LogP contribution in [0.2, 0.25) is 15.1 Å². The molecule has 0 aliphatic carbocycles. The number of rotatable bonds is 3. The summed E-state index contributed by atoms with van der Waals surface area (Å²) in [5.74, 6) is -2.66. The number of aliphatic hydroxyl groups excluding tert-OH is 1. The predicted octanol–water partition coefficient (Wildman–Crippen LogP) is 6.41. The van der Waals surface area contributed by atoms with E-state index in [2.05, 4.69) is 0 Å². The number of carbonyl (C=O) groups excluding carboxylic acids is 2. The third-order valence-electron chi connectivity index (χ3n) is 4.85. The zero-order valence-electron chi connectivity index (χ0n) is 15.7. The Morgan fingerprint density at radius 3 is 2.13 bits per heavy atom. The van der Waals surface area contributed by atoms with Crippen molar-refractivity contribution in [2.75, 3.05) is 4.90 Å². The van der Waals surface area contributed by atoms with Crippen LogP contribution in [0.15, 0.2) is 72.3 Å². The first-order valence-electron chi connectivity index (χ1n) is 9.05. The number of aliphatic hydroxyl groups is 1. The molecule has 0 spiro atoms. The molecule has 1 N–H and O–H groups in total. The summed E-state index contributed by atoms with van der Waals surface area (Å²) in [7, 11) is 0. The van der Waals surface area contributed by atoms with Gasteiger partial charge in [0.25, 0.3) is 11.7 Å². The molecule has 1 atom stereocenters. The Bertz CT molecular complexity index is 1220. The highest BCUT2D eigenvalue weighted by Crippen LogP contribution is 2.43. The Labute approximate surface area is 192 Å². The number of halogens is 4. The lowest BCUT2D eigenvalue weighted by molar-refractivity contribution is -0.132. The fraction of sp³-hybridized carbons (Fsp3) is 0.0435. The molecule has 1 fully saturated rings. The highest BCUT2D eigenvalue weighted by atomic mass is 35.5. The molecule has 0 aromatic heterocycles. The lowest BCUT2D eigenvalue weighted by atomic mass is 9.95. The maximum atomic E-state index is 13.6. The van der Waals surface area contributed by atoms with Gasteiger partial charge in [0, 0.05) is 26.3 Å². The van der Waals surface area contributed by atoms with Crippen LogP contribution < -0.4 is 4.90 Å². The van der Waals surface area contributed by atoms with Gasteiger partial charge in [-0.15, -0.1) is 0 Å². The SMILES string of the molecule is O=C1C(=O)N(c2cc(Cl)cc(Cl)c2)C(c2ccc(F)cc2)/C1=C(\O)c1cccc(Cl)c1. The molecule has 1 aliphatic rings. The highest BCUT2D eigenvalue weighted by molar-refractivity contribution is 6.52. The van der Waals surface area contributed by atoms with Gasteiger partial charge in [-0.3, -0.25) is 14.5 Å². The van der Waals surface area contributed by atoms with Crippen LogP contribution in [0, 0.1) is 5.82 Å². The summed E-state index contributed by atoms with van der Waals surface area (Å²) in [6.45, 7) is 0. The van der Waals surface area contributed by atoms with Crippen LogP contribution >= 0.6 is 34.8 Å². The molecule has 1 aliphatic heterocycles. The van der Waals surface area contributed by atoms with Gasteiger partial charge < -0.3 is 5.11 Å². The van der Waals surface area contributed by atoms with Crippen molar-refractivity contribution in [2.24, 2.45) is 0 Å². The summed E-state index contributed by atoms with van der Waals surface area (Å²) < 4.78 is 13.6. The average Bonchev–Trinajstić information content (AvgIpc) is 2.98. The monoisotopic (exact) mass is 475 g/mol. The van der Waals surface area contributed by atoms with E-state index in [4.69, 9.17) is 34.8 Å². The van der Waals surface area contributed by atoms with E-state index in [9.17, 15) is 19.1 Å². The number of ketones is 1. The topological polar surface area (TPSA) is 57.6 Å². The number of carbonyl (C=O) groups is 2. The highest BCUT2D eigenvalue weighted by Gasteiger charge is 2.47. The Morgan fingerprint density at radius 1 is 0.871 bits per heavy atom. The van der Waals surface area contributed by atoms with Crippen LogP contribution in [-0.4, -0.2) is 16.8 Å². The van der Waals surface area contributed by atoms with E-state index in [1.165, 1.54) is 53.4 Å². The van der Waals surface area contributed by atoms with Crippen LogP contribution in [0.25, 0.3) is 5.76 Å². The first-order chi connectivity index (χ1) is 14.8. The molecule has 4 nitrogen and oxygen atoms in total. The van der Waals surface area contributed by atoms with Crippen molar-refractivity contribution in [2.45, 2.75) is 6.04 Å². The molecule has 0 saturated carbocycles. The number of hydrogen-bond acceptors (Lipinski definition) is 3. The molecule has 156 valence electrons. The van der Waals surface area contributed by atoms with Gasteiger partial charge in [0.15, 0.2) is 0 Å². The third kappa shape index (κ3) is 4.04. The van der Waals surface area contributed by atoms with Gasteiger partial charge in [-0.05, 0) is 48.0 Å². The molecule has 1 heterocycles. The van der Waals surface area contributed by atoms with Crippen molar-refractivity contribution in [1.82, 2.24) is 0 Å². The number of amides is 1. The maximum absolute atomic E-state index is 13.6. The number of benzene rings is 3. The van der Waals surface area contributed by atoms with E-state index in [1.54, 1.807) is 18.2 Å². The second-order valence-corrected chi connectivity index (χ2v) is 8.17. The zero-order valence-corrected chi connectivity index (χ0v) is 17.9. The molecule has 3 aromatic rings. The van der Waals surface area contributed by atoms with Gasteiger partial charge in [-0.25, -0.2) is 4.39 Å². The lowest BCUT2D eigenvalue weighted by Crippen LogP contribution is -2.29. The molecular formula is C23H13Cl3FNO3. The minimum absolute atomic E-state index is 0.157. The standard InChI is InChI=1S/C23H13Cl3FNO3/c24-14-3-1-2-13(8-14)21(29)19-20(12-4-6-17(27)7-5-12)28(23(31)22(19)30)18-10-15(25)9-16(26)11-18/h1-11,20,29H/b21-19+. The van der Waals surface area contributed by atoms with Crippen molar-refractivity contribution in [3.8, 4) is 0 Å². The fourth-order valence-electron chi connectivity index (χ4n) is 3.53. The Hall–Kier alpha value is -2.86.